The van der Waals surface area contributed by atoms with E-state index in [1.54, 1.807) is 0 Å². The molecule has 14 heavy (non-hydrogen) atoms. The maximum atomic E-state index is 11.6. The molecule has 1 rings (SSSR count). The summed E-state index contributed by atoms with van der Waals surface area (Å²) in [6.07, 6.45) is 2.19. The highest BCUT2D eigenvalue weighted by molar-refractivity contribution is 5.74. The van der Waals surface area contributed by atoms with Crippen molar-refractivity contribution in [2.45, 2.75) is 32.7 Å². The largest absolute Gasteiger partial charge is 0.394 e. The molecule has 2 amide bonds. The van der Waals surface area contributed by atoms with Gasteiger partial charge in [0.1, 0.15) is 0 Å². The van der Waals surface area contributed by atoms with Crippen LogP contribution in [0.25, 0.3) is 0 Å². The summed E-state index contributed by atoms with van der Waals surface area (Å²) in [6.45, 7) is 5.69. The summed E-state index contributed by atoms with van der Waals surface area (Å²) in [5, 5.41) is 11.9. The maximum absolute atomic E-state index is 11.6. The second-order valence-corrected chi connectivity index (χ2v) is 4.18. The fourth-order valence-corrected chi connectivity index (χ4v) is 1.59. The normalized spacial score (nSPS) is 18.7. The van der Waals surface area contributed by atoms with E-state index in [1.807, 2.05) is 18.7 Å². The van der Waals surface area contributed by atoms with Crippen molar-refractivity contribution in [1.29, 1.82) is 0 Å². The molecular formula is C10H20N2O2. The average molecular weight is 200 g/mol. The van der Waals surface area contributed by atoms with Gasteiger partial charge in [-0.15, -0.1) is 0 Å². The predicted octanol–water partition coefficient (Wildman–Crippen LogP) is 0.809. The number of aliphatic hydroxyl groups excluding tert-OH is 1. The maximum Gasteiger partial charge on any atom is 0.317 e. The first-order valence-corrected chi connectivity index (χ1v) is 5.31. The smallest absolute Gasteiger partial charge is 0.317 e. The standard InChI is InChI=1S/C10H20N2O2/c1-8(2)9(7-13)11-10(14)12-5-3-4-6-12/h8-9,13H,3-7H2,1-2H3,(H,11,14). The van der Waals surface area contributed by atoms with Gasteiger partial charge in [0.05, 0.1) is 12.6 Å². The van der Waals surface area contributed by atoms with Crippen LogP contribution < -0.4 is 5.32 Å². The van der Waals surface area contributed by atoms with Crippen molar-refractivity contribution in [1.82, 2.24) is 10.2 Å². The Kier molecular flexibility index (Phi) is 4.20. The molecule has 82 valence electrons. The number of carbonyl (C=O) groups excluding carboxylic acids is 1. The van der Waals surface area contributed by atoms with Crippen molar-refractivity contribution in [2.75, 3.05) is 19.7 Å². The first kappa shape index (κ1) is 11.3. The van der Waals surface area contributed by atoms with E-state index in [0.717, 1.165) is 25.9 Å². The van der Waals surface area contributed by atoms with Crippen LogP contribution in [0, 0.1) is 5.92 Å². The van der Waals surface area contributed by atoms with Gasteiger partial charge in [0, 0.05) is 13.1 Å². The summed E-state index contributed by atoms with van der Waals surface area (Å²) in [5.41, 5.74) is 0. The Morgan fingerprint density at radius 2 is 2.00 bits per heavy atom. The Bertz CT molecular complexity index is 189. The van der Waals surface area contributed by atoms with E-state index in [-0.39, 0.29) is 24.6 Å². The van der Waals surface area contributed by atoms with Gasteiger partial charge in [-0.05, 0) is 18.8 Å². The molecule has 0 radical (unpaired) electrons. The number of carbonyl (C=O) groups is 1. The fraction of sp³-hybridized carbons (Fsp3) is 0.900. The summed E-state index contributed by atoms with van der Waals surface area (Å²) in [7, 11) is 0. The van der Waals surface area contributed by atoms with E-state index >= 15 is 0 Å². The molecule has 1 unspecified atom stereocenters. The monoisotopic (exact) mass is 200 g/mol. The van der Waals surface area contributed by atoms with Crippen molar-refractivity contribution in [2.24, 2.45) is 5.92 Å². The predicted molar refractivity (Wildman–Crippen MR) is 55.1 cm³/mol. The lowest BCUT2D eigenvalue weighted by atomic mass is 10.1. The van der Waals surface area contributed by atoms with Crippen LogP contribution in [0.4, 0.5) is 4.79 Å². The molecule has 1 aliphatic heterocycles. The molecule has 0 bridgehead atoms. The summed E-state index contributed by atoms with van der Waals surface area (Å²) in [4.78, 5) is 13.4. The molecule has 0 saturated carbocycles. The Morgan fingerprint density at radius 3 is 2.43 bits per heavy atom. The molecule has 1 heterocycles. The van der Waals surface area contributed by atoms with Gasteiger partial charge in [-0.3, -0.25) is 0 Å². The van der Waals surface area contributed by atoms with Gasteiger partial charge in [0.2, 0.25) is 0 Å². The van der Waals surface area contributed by atoms with Crippen LogP contribution in [-0.2, 0) is 0 Å². The van der Waals surface area contributed by atoms with E-state index in [9.17, 15) is 4.79 Å². The molecule has 1 fully saturated rings. The average Bonchev–Trinajstić information content (AvgIpc) is 2.65. The second kappa shape index (κ2) is 5.20. The van der Waals surface area contributed by atoms with Crippen LogP contribution in [0.2, 0.25) is 0 Å². The van der Waals surface area contributed by atoms with Gasteiger partial charge >= 0.3 is 6.03 Å². The lowest BCUT2D eigenvalue weighted by Crippen LogP contribution is -2.47. The van der Waals surface area contributed by atoms with E-state index < -0.39 is 0 Å². The SMILES string of the molecule is CC(C)C(CO)NC(=O)N1CCCC1. The van der Waals surface area contributed by atoms with Gasteiger partial charge < -0.3 is 15.3 Å². The van der Waals surface area contributed by atoms with Crippen LogP contribution in [0.1, 0.15) is 26.7 Å². The van der Waals surface area contributed by atoms with Crippen molar-refractivity contribution < 1.29 is 9.90 Å². The minimum Gasteiger partial charge on any atom is -0.394 e. The highest BCUT2D eigenvalue weighted by Crippen LogP contribution is 2.08. The van der Waals surface area contributed by atoms with Gasteiger partial charge in [-0.2, -0.15) is 0 Å². The molecular weight excluding hydrogens is 180 g/mol. The molecule has 4 nitrogen and oxygen atoms in total. The minimum absolute atomic E-state index is 0.0112. The number of nitrogens with zero attached hydrogens (tertiary/aromatic N) is 1. The molecule has 4 heteroatoms. The second-order valence-electron chi connectivity index (χ2n) is 4.18. The van der Waals surface area contributed by atoms with Crippen LogP contribution in [0.3, 0.4) is 0 Å². The van der Waals surface area contributed by atoms with Crippen LogP contribution in [0.5, 0.6) is 0 Å². The van der Waals surface area contributed by atoms with E-state index in [4.69, 9.17) is 5.11 Å². The van der Waals surface area contributed by atoms with E-state index in [0.29, 0.717) is 0 Å². The Labute approximate surface area is 85.3 Å². The van der Waals surface area contributed by atoms with Gasteiger partial charge in [0.25, 0.3) is 0 Å². The zero-order valence-corrected chi connectivity index (χ0v) is 8.99. The molecule has 2 N–H and O–H groups in total. The summed E-state index contributed by atoms with van der Waals surface area (Å²) in [5.74, 6) is 0.270. The lowest BCUT2D eigenvalue weighted by molar-refractivity contribution is 0.178. The molecule has 0 aromatic rings. The molecule has 1 atom stereocenters. The molecule has 0 aromatic carbocycles. The number of urea groups is 1. The van der Waals surface area contributed by atoms with Crippen LogP contribution in [-0.4, -0.2) is 41.8 Å². The minimum atomic E-state index is -0.122. The Hall–Kier alpha value is -0.770. The Balaban J connectivity index is 2.37. The van der Waals surface area contributed by atoms with E-state index in [1.165, 1.54) is 0 Å². The van der Waals surface area contributed by atoms with E-state index in [2.05, 4.69) is 5.32 Å². The van der Waals surface area contributed by atoms with Crippen LogP contribution in [0.15, 0.2) is 0 Å². The van der Waals surface area contributed by atoms with Crippen molar-refractivity contribution >= 4 is 6.03 Å². The van der Waals surface area contributed by atoms with Crippen molar-refractivity contribution in [3.8, 4) is 0 Å². The van der Waals surface area contributed by atoms with Crippen molar-refractivity contribution in [3.05, 3.63) is 0 Å². The highest BCUT2D eigenvalue weighted by Gasteiger charge is 2.21. The third kappa shape index (κ3) is 2.87. The number of nitrogens with one attached hydrogen (secondary N) is 1. The number of amides is 2. The zero-order valence-electron chi connectivity index (χ0n) is 8.99. The summed E-state index contributed by atoms with van der Waals surface area (Å²) in [6, 6.07) is -0.154. The Morgan fingerprint density at radius 1 is 1.43 bits per heavy atom. The summed E-state index contributed by atoms with van der Waals surface area (Å²) >= 11 is 0. The molecule has 0 spiro atoms. The number of hydrogen-bond donors (Lipinski definition) is 2. The third-order valence-electron chi connectivity index (χ3n) is 2.70. The van der Waals surface area contributed by atoms with Gasteiger partial charge in [0.15, 0.2) is 0 Å². The summed E-state index contributed by atoms with van der Waals surface area (Å²) < 4.78 is 0. The third-order valence-corrected chi connectivity index (χ3v) is 2.70. The first-order chi connectivity index (χ1) is 6.65. The highest BCUT2D eigenvalue weighted by atomic mass is 16.3. The molecule has 0 aromatic heterocycles. The van der Waals surface area contributed by atoms with Crippen molar-refractivity contribution in [3.63, 3.8) is 0 Å². The van der Waals surface area contributed by atoms with Gasteiger partial charge in [-0.1, -0.05) is 13.8 Å². The van der Waals surface area contributed by atoms with Crippen LogP contribution >= 0.6 is 0 Å². The number of hydrogen-bond acceptors (Lipinski definition) is 2. The molecule has 0 aliphatic carbocycles. The fourth-order valence-electron chi connectivity index (χ4n) is 1.59. The number of rotatable bonds is 3. The zero-order chi connectivity index (χ0) is 10.6. The molecule has 1 saturated heterocycles. The molecule has 1 aliphatic rings. The lowest BCUT2D eigenvalue weighted by Gasteiger charge is -2.24. The first-order valence-electron chi connectivity index (χ1n) is 5.31. The van der Waals surface area contributed by atoms with Gasteiger partial charge in [-0.25, -0.2) is 4.79 Å². The topological polar surface area (TPSA) is 52.6 Å². The quantitative estimate of drug-likeness (QED) is 0.708. The number of likely N-dealkylation sites (tertiary alicyclic amines) is 1. The number of aliphatic hydroxyl groups is 1.